The minimum absolute atomic E-state index is 0. The molecule has 13 heavy (non-hydrogen) atoms. The van der Waals surface area contributed by atoms with Crippen LogP contribution in [-0.4, -0.2) is 22.6 Å². The van der Waals surface area contributed by atoms with Crippen LogP contribution in [-0.2, 0) is 13.0 Å². The average Bonchev–Trinajstić information content (AvgIpc) is 2.46. The van der Waals surface area contributed by atoms with Crippen molar-refractivity contribution in [3.63, 3.8) is 0 Å². The average molecular weight is 221 g/mol. The topological polar surface area (TPSA) is 62.2 Å². The van der Waals surface area contributed by atoms with Crippen LogP contribution in [0.4, 0.5) is 0 Å². The Hall–Kier alpha value is -0.650. The van der Waals surface area contributed by atoms with Crippen molar-refractivity contribution in [2.75, 3.05) is 6.54 Å². The van der Waals surface area contributed by atoms with Crippen molar-refractivity contribution in [2.24, 2.45) is 0 Å². The van der Waals surface area contributed by atoms with Crippen molar-refractivity contribution in [3.8, 4) is 0 Å². The van der Waals surface area contributed by atoms with E-state index < -0.39 is 5.97 Å². The first-order chi connectivity index (χ1) is 5.77. The molecule has 0 saturated heterocycles. The monoisotopic (exact) mass is 220 g/mol. The number of fused-ring (bicyclic) bond motifs is 1. The lowest BCUT2D eigenvalue weighted by molar-refractivity contribution is 0.0696. The predicted molar refractivity (Wildman–Crippen MR) is 51.7 cm³/mol. The van der Waals surface area contributed by atoms with Crippen LogP contribution >= 0.6 is 23.7 Å². The number of hydrogen-bond acceptors (Lipinski definition) is 4. The van der Waals surface area contributed by atoms with E-state index in [-0.39, 0.29) is 17.4 Å². The summed E-state index contributed by atoms with van der Waals surface area (Å²) in [5.41, 5.74) is 0.955. The number of rotatable bonds is 1. The van der Waals surface area contributed by atoms with Gasteiger partial charge in [-0.1, -0.05) is 0 Å². The van der Waals surface area contributed by atoms with Gasteiger partial charge < -0.3 is 10.4 Å². The molecule has 0 radical (unpaired) electrons. The summed E-state index contributed by atoms with van der Waals surface area (Å²) in [5, 5.41) is 12.0. The number of aromatic carboxylic acids is 1. The molecule has 0 aliphatic carbocycles. The van der Waals surface area contributed by atoms with E-state index in [2.05, 4.69) is 10.3 Å². The summed E-state index contributed by atoms with van der Waals surface area (Å²) in [4.78, 5) is 15.6. The molecule has 0 spiro atoms. The fraction of sp³-hybridized carbons (Fsp3) is 0.429. The van der Waals surface area contributed by atoms with Crippen LogP contribution in [0.2, 0.25) is 0 Å². The van der Waals surface area contributed by atoms with Crippen LogP contribution in [0.3, 0.4) is 0 Å². The second-order valence-electron chi connectivity index (χ2n) is 2.62. The third kappa shape index (κ3) is 1.99. The Morgan fingerprint density at radius 3 is 3.00 bits per heavy atom. The summed E-state index contributed by atoms with van der Waals surface area (Å²) in [7, 11) is 0. The minimum atomic E-state index is -0.922. The fourth-order valence-electron chi connectivity index (χ4n) is 1.22. The van der Waals surface area contributed by atoms with Crippen LogP contribution in [0.25, 0.3) is 0 Å². The number of halogens is 1. The smallest absolute Gasteiger partial charge is 0.365 e. The molecule has 0 bridgehead atoms. The summed E-state index contributed by atoms with van der Waals surface area (Å²) in [6.07, 6.45) is 0.846. The van der Waals surface area contributed by atoms with Gasteiger partial charge in [-0.3, -0.25) is 0 Å². The highest BCUT2D eigenvalue weighted by Crippen LogP contribution is 2.21. The number of nitrogens with one attached hydrogen (secondary N) is 1. The van der Waals surface area contributed by atoms with E-state index in [4.69, 9.17) is 5.11 Å². The molecule has 0 amide bonds. The molecule has 6 heteroatoms. The van der Waals surface area contributed by atoms with Crippen molar-refractivity contribution >= 4 is 29.7 Å². The molecule has 0 unspecified atom stereocenters. The molecule has 2 heterocycles. The Balaban J connectivity index is 0.000000845. The molecule has 0 aromatic carbocycles. The number of carboxylic acid groups (broad SMARTS) is 1. The summed E-state index contributed by atoms with van der Waals surface area (Å²) < 4.78 is 0. The molecule has 1 aromatic rings. The van der Waals surface area contributed by atoms with Crippen molar-refractivity contribution in [3.05, 3.63) is 15.6 Å². The second-order valence-corrected chi connectivity index (χ2v) is 3.70. The molecular weight excluding hydrogens is 212 g/mol. The lowest BCUT2D eigenvalue weighted by Gasteiger charge is -2.09. The van der Waals surface area contributed by atoms with E-state index >= 15 is 0 Å². The van der Waals surface area contributed by atoms with Gasteiger partial charge in [0.05, 0.1) is 5.69 Å². The van der Waals surface area contributed by atoms with E-state index in [1.807, 2.05) is 0 Å². The Morgan fingerprint density at radius 1 is 1.62 bits per heavy atom. The summed E-state index contributed by atoms with van der Waals surface area (Å²) >= 11 is 1.27. The van der Waals surface area contributed by atoms with Gasteiger partial charge in [-0.05, 0) is 0 Å². The highest BCUT2D eigenvalue weighted by molar-refractivity contribution is 7.13. The summed E-state index contributed by atoms with van der Waals surface area (Å²) in [5.74, 6) is -0.922. The minimum Gasteiger partial charge on any atom is -0.476 e. The molecule has 1 aromatic heterocycles. The summed E-state index contributed by atoms with van der Waals surface area (Å²) in [6.45, 7) is 1.66. The van der Waals surface area contributed by atoms with Gasteiger partial charge in [0.15, 0.2) is 0 Å². The quantitative estimate of drug-likeness (QED) is 0.739. The number of hydrogen-bond donors (Lipinski definition) is 2. The fourth-order valence-corrected chi connectivity index (χ4v) is 2.13. The molecule has 0 atom stereocenters. The number of nitrogens with zero attached hydrogens (tertiary/aromatic N) is 1. The zero-order valence-corrected chi connectivity index (χ0v) is 8.37. The third-order valence-electron chi connectivity index (χ3n) is 1.79. The van der Waals surface area contributed by atoms with Gasteiger partial charge in [-0.2, -0.15) is 0 Å². The zero-order chi connectivity index (χ0) is 8.55. The van der Waals surface area contributed by atoms with Gasteiger partial charge in [0.25, 0.3) is 0 Å². The highest BCUT2D eigenvalue weighted by Gasteiger charge is 2.17. The van der Waals surface area contributed by atoms with Gasteiger partial charge in [0.1, 0.15) is 0 Å². The van der Waals surface area contributed by atoms with Crippen LogP contribution < -0.4 is 5.32 Å². The Bertz CT molecular complexity index is 303. The molecule has 2 N–H and O–H groups in total. The standard InChI is InChI=1S/C7H8N2O2S.ClH/c10-7(11)6-9-4-1-2-8-3-5(4)12-6;/h8H,1-3H2,(H,10,11);1H. The maximum Gasteiger partial charge on any atom is 0.365 e. The van der Waals surface area contributed by atoms with E-state index in [0.29, 0.717) is 0 Å². The number of carbonyl (C=O) groups is 1. The van der Waals surface area contributed by atoms with Crippen LogP contribution in [0.1, 0.15) is 20.4 Å². The van der Waals surface area contributed by atoms with Gasteiger partial charge >= 0.3 is 5.97 Å². The molecule has 0 saturated carbocycles. The third-order valence-corrected chi connectivity index (χ3v) is 2.87. The highest BCUT2D eigenvalue weighted by atomic mass is 35.5. The molecule has 4 nitrogen and oxygen atoms in total. The molecular formula is C7H9ClN2O2S. The van der Waals surface area contributed by atoms with E-state index in [1.54, 1.807) is 0 Å². The van der Waals surface area contributed by atoms with Crippen LogP contribution in [0, 0.1) is 0 Å². The van der Waals surface area contributed by atoms with E-state index in [1.165, 1.54) is 11.3 Å². The van der Waals surface area contributed by atoms with Crippen molar-refractivity contribution in [1.29, 1.82) is 0 Å². The molecule has 72 valence electrons. The van der Waals surface area contributed by atoms with E-state index in [0.717, 1.165) is 30.1 Å². The normalized spacial score (nSPS) is 14.5. The maximum atomic E-state index is 10.5. The Labute approximate surface area is 85.4 Å². The Morgan fingerprint density at radius 2 is 2.38 bits per heavy atom. The predicted octanol–water partition coefficient (Wildman–Crippen LogP) is 0.909. The first-order valence-electron chi connectivity index (χ1n) is 3.70. The first-order valence-corrected chi connectivity index (χ1v) is 4.51. The van der Waals surface area contributed by atoms with Crippen molar-refractivity contribution in [2.45, 2.75) is 13.0 Å². The molecule has 1 aliphatic heterocycles. The van der Waals surface area contributed by atoms with Crippen molar-refractivity contribution in [1.82, 2.24) is 10.3 Å². The van der Waals surface area contributed by atoms with Gasteiger partial charge in [0.2, 0.25) is 5.01 Å². The Kier molecular flexibility index (Phi) is 3.24. The molecule has 1 aliphatic rings. The van der Waals surface area contributed by atoms with Gasteiger partial charge in [-0.25, -0.2) is 9.78 Å². The van der Waals surface area contributed by atoms with E-state index in [9.17, 15) is 4.79 Å². The van der Waals surface area contributed by atoms with Gasteiger partial charge in [-0.15, -0.1) is 23.7 Å². The molecule has 0 fully saturated rings. The first kappa shape index (κ1) is 10.4. The number of carboxylic acids is 1. The van der Waals surface area contributed by atoms with Crippen molar-refractivity contribution < 1.29 is 9.90 Å². The van der Waals surface area contributed by atoms with Gasteiger partial charge in [0, 0.05) is 24.4 Å². The van der Waals surface area contributed by atoms with Crippen LogP contribution in [0.5, 0.6) is 0 Å². The zero-order valence-electron chi connectivity index (χ0n) is 6.74. The lowest BCUT2D eigenvalue weighted by Crippen LogP contribution is -2.22. The lowest BCUT2D eigenvalue weighted by atomic mass is 10.2. The summed E-state index contributed by atoms with van der Waals surface area (Å²) in [6, 6.07) is 0. The SMILES string of the molecule is Cl.O=C(O)c1nc2c(s1)CNCC2. The maximum absolute atomic E-state index is 10.5. The van der Waals surface area contributed by atoms with Crippen LogP contribution in [0.15, 0.2) is 0 Å². The molecule has 2 rings (SSSR count). The largest absolute Gasteiger partial charge is 0.476 e. The second kappa shape index (κ2) is 4.04. The number of aromatic nitrogens is 1. The number of thiazole rings is 1.